The molecule has 146 valence electrons. The minimum atomic E-state index is 0.0335. The molecule has 0 saturated heterocycles. The minimum absolute atomic E-state index is 0.0335. The molecule has 1 amide bonds. The molecule has 1 atom stereocenters. The summed E-state index contributed by atoms with van der Waals surface area (Å²) in [6.45, 7) is 9.74. The number of hydrogen-bond donors (Lipinski definition) is 2. The van der Waals surface area contributed by atoms with Crippen molar-refractivity contribution < 1.29 is 4.79 Å². The zero-order chi connectivity index (χ0) is 19.6. The van der Waals surface area contributed by atoms with E-state index in [-0.39, 0.29) is 12.5 Å². The summed E-state index contributed by atoms with van der Waals surface area (Å²) in [7, 11) is 3.54. The lowest BCUT2D eigenvalue weighted by Crippen LogP contribution is -2.46. The molecular formula is C20H35N5O. The number of aromatic nitrogens is 1. The van der Waals surface area contributed by atoms with Gasteiger partial charge in [-0.1, -0.05) is 26.8 Å². The van der Waals surface area contributed by atoms with Crippen LogP contribution in [0.4, 0.5) is 0 Å². The van der Waals surface area contributed by atoms with Gasteiger partial charge in [0.05, 0.1) is 6.54 Å². The summed E-state index contributed by atoms with van der Waals surface area (Å²) in [6, 6.07) is 6.13. The Bertz CT molecular complexity index is 565. The van der Waals surface area contributed by atoms with E-state index in [2.05, 4.69) is 48.3 Å². The number of aliphatic imine (C=N–C) groups is 1. The highest BCUT2D eigenvalue weighted by Gasteiger charge is 2.14. The van der Waals surface area contributed by atoms with Gasteiger partial charge in [0.15, 0.2) is 5.96 Å². The third-order valence-electron chi connectivity index (χ3n) is 4.20. The van der Waals surface area contributed by atoms with Gasteiger partial charge in [-0.3, -0.25) is 14.8 Å². The van der Waals surface area contributed by atoms with Gasteiger partial charge in [0.2, 0.25) is 5.91 Å². The molecule has 0 aliphatic carbocycles. The van der Waals surface area contributed by atoms with E-state index in [1.165, 1.54) is 0 Å². The summed E-state index contributed by atoms with van der Waals surface area (Å²) in [5.74, 6) is 0.698. The first-order chi connectivity index (χ1) is 12.2. The van der Waals surface area contributed by atoms with Crippen molar-refractivity contribution in [2.24, 2.45) is 10.4 Å². The molecule has 2 N–H and O–H groups in total. The zero-order valence-electron chi connectivity index (χ0n) is 17.2. The summed E-state index contributed by atoms with van der Waals surface area (Å²) < 4.78 is 0. The third kappa shape index (κ3) is 9.39. The number of carbonyl (C=O) groups is 1. The fourth-order valence-electron chi connectivity index (χ4n) is 2.40. The van der Waals surface area contributed by atoms with Crippen molar-refractivity contribution in [1.82, 2.24) is 20.5 Å². The molecule has 0 fully saturated rings. The van der Waals surface area contributed by atoms with Gasteiger partial charge in [0, 0.05) is 45.0 Å². The lowest BCUT2D eigenvalue weighted by Gasteiger charge is -2.23. The van der Waals surface area contributed by atoms with Crippen LogP contribution in [0.2, 0.25) is 0 Å². The molecule has 26 heavy (non-hydrogen) atoms. The lowest BCUT2D eigenvalue weighted by molar-refractivity contribution is -0.128. The van der Waals surface area contributed by atoms with Gasteiger partial charge in [-0.15, -0.1) is 0 Å². The van der Waals surface area contributed by atoms with E-state index in [9.17, 15) is 4.79 Å². The maximum Gasteiger partial charge on any atom is 0.241 e. The summed E-state index contributed by atoms with van der Waals surface area (Å²) in [4.78, 5) is 22.5. The molecule has 6 nitrogen and oxygen atoms in total. The zero-order valence-corrected chi connectivity index (χ0v) is 17.2. The van der Waals surface area contributed by atoms with E-state index in [0.29, 0.717) is 24.0 Å². The Balaban J connectivity index is 2.34. The Hall–Kier alpha value is -2.11. The molecular weight excluding hydrogens is 326 g/mol. The quantitative estimate of drug-likeness (QED) is 0.551. The fraction of sp³-hybridized carbons (Fsp3) is 0.650. The Morgan fingerprint density at radius 1 is 1.35 bits per heavy atom. The third-order valence-corrected chi connectivity index (χ3v) is 4.20. The topological polar surface area (TPSA) is 69.6 Å². The monoisotopic (exact) mass is 361 g/mol. The van der Waals surface area contributed by atoms with E-state index in [0.717, 1.165) is 25.0 Å². The van der Waals surface area contributed by atoms with Crippen LogP contribution in [-0.2, 0) is 11.2 Å². The predicted molar refractivity (Wildman–Crippen MR) is 108 cm³/mol. The molecule has 1 aromatic heterocycles. The van der Waals surface area contributed by atoms with Gasteiger partial charge in [-0.05, 0) is 37.3 Å². The van der Waals surface area contributed by atoms with Crippen LogP contribution in [0.1, 0.15) is 46.2 Å². The van der Waals surface area contributed by atoms with Crippen LogP contribution >= 0.6 is 0 Å². The standard InChI is InChI=1S/C20H35N5O/c1-16(10-12-20(2,3)4)24-19(21-5)23-15-18(26)25(6)14-11-17-9-7-8-13-22-17/h7-9,13,16H,10-12,14-15H2,1-6H3,(H2,21,23,24). The predicted octanol–water partition coefficient (Wildman–Crippen LogP) is 2.46. The molecule has 1 aromatic rings. The highest BCUT2D eigenvalue weighted by Crippen LogP contribution is 2.21. The maximum atomic E-state index is 12.3. The molecule has 0 bridgehead atoms. The molecule has 0 aliphatic rings. The van der Waals surface area contributed by atoms with E-state index in [1.54, 1.807) is 18.1 Å². The molecule has 1 unspecified atom stereocenters. The Morgan fingerprint density at radius 2 is 2.08 bits per heavy atom. The van der Waals surface area contributed by atoms with Gasteiger partial charge in [-0.25, -0.2) is 0 Å². The molecule has 1 rings (SSSR count). The van der Waals surface area contributed by atoms with Crippen LogP contribution in [0, 0.1) is 5.41 Å². The lowest BCUT2D eigenvalue weighted by atomic mass is 9.89. The van der Waals surface area contributed by atoms with Crippen LogP contribution in [0.3, 0.4) is 0 Å². The molecule has 6 heteroatoms. The summed E-state index contributed by atoms with van der Waals surface area (Å²) >= 11 is 0. The van der Waals surface area contributed by atoms with Crippen molar-refractivity contribution in [1.29, 1.82) is 0 Å². The van der Waals surface area contributed by atoms with Crippen molar-refractivity contribution >= 4 is 11.9 Å². The van der Waals surface area contributed by atoms with Crippen molar-refractivity contribution in [3.63, 3.8) is 0 Å². The molecule has 0 radical (unpaired) electrons. The SMILES string of the molecule is CN=C(NCC(=O)N(C)CCc1ccccn1)NC(C)CCC(C)(C)C. The molecule has 0 spiro atoms. The molecule has 0 aliphatic heterocycles. The Morgan fingerprint density at radius 3 is 2.65 bits per heavy atom. The largest absolute Gasteiger partial charge is 0.354 e. The van der Waals surface area contributed by atoms with Gasteiger partial charge in [-0.2, -0.15) is 0 Å². The number of guanidine groups is 1. The van der Waals surface area contributed by atoms with Crippen LogP contribution in [0.15, 0.2) is 29.4 Å². The smallest absolute Gasteiger partial charge is 0.241 e. The highest BCUT2D eigenvalue weighted by atomic mass is 16.2. The number of rotatable bonds is 8. The average Bonchev–Trinajstić information content (AvgIpc) is 2.61. The van der Waals surface area contributed by atoms with Gasteiger partial charge >= 0.3 is 0 Å². The number of nitrogens with zero attached hydrogens (tertiary/aromatic N) is 3. The Kier molecular flexibility index (Phi) is 9.10. The van der Waals surface area contributed by atoms with E-state index < -0.39 is 0 Å². The number of pyridine rings is 1. The average molecular weight is 362 g/mol. The Labute approximate surface area is 158 Å². The summed E-state index contributed by atoms with van der Waals surface area (Å²) in [6.07, 6.45) is 4.71. The second kappa shape index (κ2) is 10.8. The molecule has 0 saturated carbocycles. The number of likely N-dealkylation sites (N-methyl/N-ethyl adjacent to an activating group) is 1. The summed E-state index contributed by atoms with van der Waals surface area (Å²) in [5.41, 5.74) is 1.31. The first kappa shape index (κ1) is 21.9. The van der Waals surface area contributed by atoms with E-state index in [4.69, 9.17) is 0 Å². The van der Waals surface area contributed by atoms with Crippen LogP contribution in [-0.4, -0.2) is 55.0 Å². The maximum absolute atomic E-state index is 12.3. The molecule has 0 aromatic carbocycles. The molecule has 1 heterocycles. The van der Waals surface area contributed by atoms with Crippen molar-refractivity contribution in [2.75, 3.05) is 27.2 Å². The van der Waals surface area contributed by atoms with Crippen molar-refractivity contribution in [3.8, 4) is 0 Å². The number of amides is 1. The summed E-state index contributed by atoms with van der Waals surface area (Å²) in [5, 5.41) is 6.46. The first-order valence-electron chi connectivity index (χ1n) is 9.32. The van der Waals surface area contributed by atoms with Gasteiger partial charge < -0.3 is 15.5 Å². The highest BCUT2D eigenvalue weighted by molar-refractivity contribution is 5.86. The fourth-order valence-corrected chi connectivity index (χ4v) is 2.40. The van der Waals surface area contributed by atoms with E-state index in [1.807, 2.05) is 25.2 Å². The number of carbonyl (C=O) groups excluding carboxylic acids is 1. The second-order valence-electron chi connectivity index (χ2n) is 7.96. The van der Waals surface area contributed by atoms with Crippen LogP contribution in [0.25, 0.3) is 0 Å². The van der Waals surface area contributed by atoms with Crippen molar-refractivity contribution in [2.45, 2.75) is 53.0 Å². The second-order valence-corrected chi connectivity index (χ2v) is 7.96. The van der Waals surface area contributed by atoms with Crippen LogP contribution in [0.5, 0.6) is 0 Å². The first-order valence-corrected chi connectivity index (χ1v) is 9.32. The van der Waals surface area contributed by atoms with Gasteiger partial charge in [0.1, 0.15) is 0 Å². The normalized spacial score (nSPS) is 13.2. The van der Waals surface area contributed by atoms with Gasteiger partial charge in [0.25, 0.3) is 0 Å². The minimum Gasteiger partial charge on any atom is -0.354 e. The van der Waals surface area contributed by atoms with E-state index >= 15 is 0 Å². The van der Waals surface area contributed by atoms with Crippen molar-refractivity contribution in [3.05, 3.63) is 30.1 Å². The van der Waals surface area contributed by atoms with Crippen LogP contribution < -0.4 is 10.6 Å². The number of hydrogen-bond acceptors (Lipinski definition) is 3. The number of nitrogens with one attached hydrogen (secondary N) is 2.